The molecule has 0 unspecified atom stereocenters. The maximum absolute atomic E-state index is 13.3. The molecule has 0 aliphatic heterocycles. The summed E-state index contributed by atoms with van der Waals surface area (Å²) in [5, 5.41) is 0.787. The average molecular weight is 308 g/mol. The van der Waals surface area contributed by atoms with Crippen molar-refractivity contribution >= 4 is 27.3 Å². The molecule has 0 saturated heterocycles. The summed E-state index contributed by atoms with van der Waals surface area (Å²) >= 11 is 3.49. The van der Waals surface area contributed by atoms with Crippen LogP contribution in [0.3, 0.4) is 0 Å². The van der Waals surface area contributed by atoms with E-state index in [1.54, 1.807) is 12.1 Å². The summed E-state index contributed by atoms with van der Waals surface area (Å²) in [7, 11) is 0. The van der Waals surface area contributed by atoms with Crippen molar-refractivity contribution in [1.82, 2.24) is 0 Å². The smallest absolute Gasteiger partial charge is 0.125 e. The topological polar surface area (TPSA) is 3.24 Å². The SMILES string of the molecule is CCN(c1cccc(F)c1)c1ccccc1CBr. The molecule has 1 nitrogen and oxygen atoms in total. The minimum absolute atomic E-state index is 0.206. The zero-order chi connectivity index (χ0) is 13.0. The van der Waals surface area contributed by atoms with Crippen LogP contribution in [0.5, 0.6) is 0 Å². The van der Waals surface area contributed by atoms with E-state index in [9.17, 15) is 4.39 Å². The summed E-state index contributed by atoms with van der Waals surface area (Å²) in [5.74, 6) is -0.206. The highest BCUT2D eigenvalue weighted by molar-refractivity contribution is 9.08. The largest absolute Gasteiger partial charge is 0.341 e. The number of nitrogens with zero attached hydrogens (tertiary/aromatic N) is 1. The van der Waals surface area contributed by atoms with Gasteiger partial charge in [-0.2, -0.15) is 0 Å². The number of alkyl halides is 1. The van der Waals surface area contributed by atoms with E-state index >= 15 is 0 Å². The van der Waals surface area contributed by atoms with Gasteiger partial charge in [0.15, 0.2) is 0 Å². The van der Waals surface area contributed by atoms with Crippen LogP contribution in [0.1, 0.15) is 12.5 Å². The van der Waals surface area contributed by atoms with Crippen molar-refractivity contribution < 1.29 is 4.39 Å². The summed E-state index contributed by atoms with van der Waals surface area (Å²) in [6.07, 6.45) is 0. The molecule has 0 aromatic heterocycles. The second kappa shape index (κ2) is 6.01. The van der Waals surface area contributed by atoms with Gasteiger partial charge in [-0.3, -0.25) is 0 Å². The van der Waals surface area contributed by atoms with Gasteiger partial charge >= 0.3 is 0 Å². The molecular formula is C15H15BrFN. The van der Waals surface area contributed by atoms with Gasteiger partial charge in [-0.25, -0.2) is 4.39 Å². The number of rotatable bonds is 4. The molecule has 0 spiro atoms. The summed E-state index contributed by atoms with van der Waals surface area (Å²) in [6.45, 7) is 2.86. The molecule has 0 atom stereocenters. The van der Waals surface area contributed by atoms with Gasteiger partial charge in [-0.1, -0.05) is 40.2 Å². The van der Waals surface area contributed by atoms with Crippen molar-refractivity contribution in [2.45, 2.75) is 12.3 Å². The molecule has 0 bridgehead atoms. The second-order valence-corrected chi connectivity index (χ2v) is 4.55. The fraction of sp³-hybridized carbons (Fsp3) is 0.200. The molecule has 0 heterocycles. The summed E-state index contributed by atoms with van der Waals surface area (Å²) in [5.41, 5.74) is 3.19. The predicted molar refractivity (Wildman–Crippen MR) is 78.2 cm³/mol. The van der Waals surface area contributed by atoms with Crippen molar-refractivity contribution in [2.24, 2.45) is 0 Å². The molecule has 0 fully saturated rings. The van der Waals surface area contributed by atoms with Gasteiger partial charge in [0.2, 0.25) is 0 Å². The molecule has 94 valence electrons. The normalized spacial score (nSPS) is 10.4. The first kappa shape index (κ1) is 13.1. The Labute approximate surface area is 115 Å². The second-order valence-electron chi connectivity index (χ2n) is 3.99. The third kappa shape index (κ3) is 2.72. The zero-order valence-corrected chi connectivity index (χ0v) is 11.8. The van der Waals surface area contributed by atoms with Crippen LogP contribution in [0.2, 0.25) is 0 Å². The van der Waals surface area contributed by atoms with Crippen molar-refractivity contribution in [3.63, 3.8) is 0 Å². The molecular weight excluding hydrogens is 293 g/mol. The molecule has 0 N–H and O–H groups in total. The van der Waals surface area contributed by atoms with Crippen LogP contribution < -0.4 is 4.90 Å². The van der Waals surface area contributed by atoms with Gasteiger partial charge in [0.25, 0.3) is 0 Å². The quantitative estimate of drug-likeness (QED) is 0.728. The van der Waals surface area contributed by atoms with Crippen LogP contribution in [0.4, 0.5) is 15.8 Å². The third-order valence-electron chi connectivity index (χ3n) is 2.86. The number of hydrogen-bond donors (Lipinski definition) is 0. The van der Waals surface area contributed by atoms with Gasteiger partial charge in [-0.15, -0.1) is 0 Å². The first-order valence-corrected chi connectivity index (χ1v) is 7.05. The van der Waals surface area contributed by atoms with Crippen LogP contribution in [0.15, 0.2) is 48.5 Å². The van der Waals surface area contributed by atoms with Crippen LogP contribution in [-0.4, -0.2) is 6.54 Å². The van der Waals surface area contributed by atoms with Crippen LogP contribution in [0, 0.1) is 5.82 Å². The number of anilines is 2. The van der Waals surface area contributed by atoms with E-state index in [2.05, 4.69) is 39.9 Å². The number of hydrogen-bond acceptors (Lipinski definition) is 1. The van der Waals surface area contributed by atoms with Gasteiger partial charge in [-0.05, 0) is 36.8 Å². The highest BCUT2D eigenvalue weighted by Gasteiger charge is 2.11. The highest BCUT2D eigenvalue weighted by Crippen LogP contribution is 2.29. The predicted octanol–water partition coefficient (Wildman–Crippen LogP) is 4.88. The molecule has 18 heavy (non-hydrogen) atoms. The molecule has 0 radical (unpaired) electrons. The molecule has 0 amide bonds. The average Bonchev–Trinajstić information content (AvgIpc) is 2.40. The summed E-state index contributed by atoms with van der Waals surface area (Å²) in [6, 6.07) is 14.9. The Balaban J connectivity index is 2.45. The molecule has 3 heteroatoms. The number of benzene rings is 2. The summed E-state index contributed by atoms with van der Waals surface area (Å²) < 4.78 is 13.3. The fourth-order valence-electron chi connectivity index (χ4n) is 2.02. The van der Waals surface area contributed by atoms with Gasteiger partial charge in [0, 0.05) is 23.2 Å². The van der Waals surface area contributed by atoms with E-state index in [-0.39, 0.29) is 5.82 Å². The van der Waals surface area contributed by atoms with Crippen LogP contribution in [-0.2, 0) is 5.33 Å². The van der Waals surface area contributed by atoms with E-state index in [0.717, 1.165) is 23.2 Å². The Morgan fingerprint density at radius 2 is 1.89 bits per heavy atom. The standard InChI is InChI=1S/C15H15BrFN/c1-2-18(14-8-5-7-13(17)10-14)15-9-4-3-6-12(15)11-16/h3-10H,2,11H2,1H3. The van der Waals surface area contributed by atoms with E-state index in [1.165, 1.54) is 11.6 Å². The Hall–Kier alpha value is -1.35. The van der Waals surface area contributed by atoms with Gasteiger partial charge in [0.1, 0.15) is 5.82 Å². The molecule has 0 aliphatic carbocycles. The third-order valence-corrected chi connectivity index (χ3v) is 3.47. The van der Waals surface area contributed by atoms with Gasteiger partial charge in [0.05, 0.1) is 0 Å². The molecule has 0 saturated carbocycles. The zero-order valence-electron chi connectivity index (χ0n) is 10.2. The van der Waals surface area contributed by atoms with Crippen molar-refractivity contribution in [3.05, 3.63) is 59.9 Å². The van der Waals surface area contributed by atoms with E-state index < -0.39 is 0 Å². The Kier molecular flexibility index (Phi) is 4.37. The Bertz CT molecular complexity index is 527. The number of halogens is 2. The first-order chi connectivity index (χ1) is 8.76. The lowest BCUT2D eigenvalue weighted by Crippen LogP contribution is -2.17. The lowest BCUT2D eigenvalue weighted by Gasteiger charge is -2.25. The van der Waals surface area contributed by atoms with E-state index in [1.807, 2.05) is 18.2 Å². The molecule has 2 aromatic rings. The monoisotopic (exact) mass is 307 g/mol. The minimum atomic E-state index is -0.206. The van der Waals surface area contributed by atoms with Crippen molar-refractivity contribution in [2.75, 3.05) is 11.4 Å². The van der Waals surface area contributed by atoms with Crippen molar-refractivity contribution in [3.8, 4) is 0 Å². The lowest BCUT2D eigenvalue weighted by molar-refractivity contribution is 0.627. The summed E-state index contributed by atoms with van der Waals surface area (Å²) in [4.78, 5) is 2.11. The van der Waals surface area contributed by atoms with Crippen LogP contribution >= 0.6 is 15.9 Å². The van der Waals surface area contributed by atoms with E-state index in [4.69, 9.17) is 0 Å². The van der Waals surface area contributed by atoms with Crippen molar-refractivity contribution in [1.29, 1.82) is 0 Å². The molecule has 2 rings (SSSR count). The minimum Gasteiger partial charge on any atom is -0.341 e. The van der Waals surface area contributed by atoms with Gasteiger partial charge < -0.3 is 4.90 Å². The lowest BCUT2D eigenvalue weighted by atomic mass is 10.1. The number of para-hydroxylation sites is 1. The highest BCUT2D eigenvalue weighted by atomic mass is 79.9. The molecule has 2 aromatic carbocycles. The fourth-order valence-corrected chi connectivity index (χ4v) is 2.50. The Morgan fingerprint density at radius 1 is 1.11 bits per heavy atom. The van der Waals surface area contributed by atoms with Crippen LogP contribution in [0.25, 0.3) is 0 Å². The molecule has 0 aliphatic rings. The maximum Gasteiger partial charge on any atom is 0.125 e. The Morgan fingerprint density at radius 3 is 2.56 bits per heavy atom. The maximum atomic E-state index is 13.3. The van der Waals surface area contributed by atoms with E-state index in [0.29, 0.717) is 0 Å². The first-order valence-electron chi connectivity index (χ1n) is 5.93.